The number of benzene rings is 2. The first-order chi connectivity index (χ1) is 12.1. The molecular weight excluding hydrogens is 326 g/mol. The maximum atomic E-state index is 15.1. The normalized spacial score (nSPS) is 14.3. The number of rotatable bonds is 2. The molecule has 0 spiro atoms. The van der Waals surface area contributed by atoms with Crippen LogP contribution in [0.15, 0.2) is 48.8 Å². The molecule has 0 saturated carbocycles. The Hall–Kier alpha value is -3.42. The highest BCUT2D eigenvalue weighted by atomic mass is 19.3. The van der Waals surface area contributed by atoms with Gasteiger partial charge in [0.1, 0.15) is 11.4 Å². The molecule has 0 aliphatic heterocycles. The lowest BCUT2D eigenvalue weighted by molar-refractivity contribution is 0.0481. The zero-order valence-electron chi connectivity index (χ0n) is 12.7. The van der Waals surface area contributed by atoms with Crippen molar-refractivity contribution in [2.24, 2.45) is 0 Å². The van der Waals surface area contributed by atoms with Gasteiger partial charge in [-0.05, 0) is 23.3 Å². The molecule has 0 fully saturated rings. The van der Waals surface area contributed by atoms with Gasteiger partial charge in [0.2, 0.25) is 0 Å². The van der Waals surface area contributed by atoms with Gasteiger partial charge in [0, 0.05) is 22.3 Å². The van der Waals surface area contributed by atoms with Crippen LogP contribution < -0.4 is 0 Å². The van der Waals surface area contributed by atoms with Crippen LogP contribution in [0.5, 0.6) is 0 Å². The summed E-state index contributed by atoms with van der Waals surface area (Å²) >= 11 is 0. The van der Waals surface area contributed by atoms with Gasteiger partial charge in [-0.1, -0.05) is 24.3 Å². The smallest absolute Gasteiger partial charge is 0.197 e. The van der Waals surface area contributed by atoms with Gasteiger partial charge in [-0.2, -0.15) is 39.6 Å². The molecule has 0 radical (unpaired) electrons. The van der Waals surface area contributed by atoms with Gasteiger partial charge in [-0.25, -0.2) is 0 Å². The van der Waals surface area contributed by atoms with Crippen LogP contribution in [0, 0.1) is 0 Å². The molecule has 0 amide bonds. The molecule has 8 heteroatoms. The molecule has 2 heterocycles. The van der Waals surface area contributed by atoms with Crippen molar-refractivity contribution in [3.05, 3.63) is 59.9 Å². The maximum Gasteiger partial charge on any atom is 0.299 e. The predicted molar refractivity (Wildman–Crippen MR) is 85.6 cm³/mol. The summed E-state index contributed by atoms with van der Waals surface area (Å²) in [7, 11) is 0. The summed E-state index contributed by atoms with van der Waals surface area (Å²) < 4.78 is 30.2. The average Bonchev–Trinajstić information content (AvgIpc) is 3.36. The minimum absolute atomic E-state index is 0.0275. The summed E-state index contributed by atoms with van der Waals surface area (Å²) in [4.78, 5) is 0. The van der Waals surface area contributed by atoms with E-state index in [9.17, 15) is 0 Å². The molecule has 1 aliphatic carbocycles. The van der Waals surface area contributed by atoms with Crippen molar-refractivity contribution in [3.8, 4) is 33.6 Å². The predicted octanol–water partition coefficient (Wildman–Crippen LogP) is 3.38. The Kier molecular flexibility index (Phi) is 2.68. The Labute approximate surface area is 139 Å². The van der Waals surface area contributed by atoms with E-state index < -0.39 is 5.92 Å². The molecule has 25 heavy (non-hydrogen) atoms. The number of fused-ring (bicyclic) bond motifs is 3. The third-order valence-electron chi connectivity index (χ3n) is 4.43. The quantitative estimate of drug-likeness (QED) is 0.588. The third-order valence-corrected chi connectivity index (χ3v) is 4.43. The van der Waals surface area contributed by atoms with Crippen LogP contribution in [-0.2, 0) is 5.92 Å². The lowest BCUT2D eigenvalue weighted by atomic mass is 10.0. The van der Waals surface area contributed by atoms with E-state index in [1.54, 1.807) is 24.3 Å². The first kappa shape index (κ1) is 14.0. The van der Waals surface area contributed by atoms with Crippen LogP contribution in [0.2, 0.25) is 0 Å². The molecule has 2 N–H and O–H groups in total. The molecule has 0 unspecified atom stereocenters. The SMILES string of the molecule is FC1(F)c2cc(-c3cn[nH]n3)ccc2-c2ccc(-c3cn[nH]n3)cc21. The van der Waals surface area contributed by atoms with E-state index in [0.29, 0.717) is 33.6 Å². The number of hydrogen-bond acceptors (Lipinski definition) is 4. The Balaban J connectivity index is 1.68. The van der Waals surface area contributed by atoms with E-state index in [1.807, 2.05) is 0 Å². The van der Waals surface area contributed by atoms with Gasteiger partial charge in [0.05, 0.1) is 12.4 Å². The molecule has 2 aromatic heterocycles. The van der Waals surface area contributed by atoms with Gasteiger partial charge >= 0.3 is 0 Å². The van der Waals surface area contributed by atoms with Gasteiger partial charge in [0.25, 0.3) is 5.92 Å². The van der Waals surface area contributed by atoms with Crippen LogP contribution in [0.25, 0.3) is 33.6 Å². The van der Waals surface area contributed by atoms with E-state index in [4.69, 9.17) is 0 Å². The fourth-order valence-corrected chi connectivity index (χ4v) is 3.22. The van der Waals surface area contributed by atoms with Crippen LogP contribution in [-0.4, -0.2) is 30.8 Å². The molecule has 5 rings (SSSR count). The third kappa shape index (κ3) is 1.94. The van der Waals surface area contributed by atoms with Gasteiger partial charge in [-0.3, -0.25) is 0 Å². The molecule has 6 nitrogen and oxygen atoms in total. The highest BCUT2D eigenvalue weighted by molar-refractivity contribution is 5.83. The largest absolute Gasteiger partial charge is 0.299 e. The lowest BCUT2D eigenvalue weighted by Gasteiger charge is -2.13. The monoisotopic (exact) mass is 336 g/mol. The zero-order valence-corrected chi connectivity index (χ0v) is 12.7. The van der Waals surface area contributed by atoms with Gasteiger partial charge in [0.15, 0.2) is 0 Å². The van der Waals surface area contributed by atoms with Crippen molar-refractivity contribution < 1.29 is 8.78 Å². The van der Waals surface area contributed by atoms with Crippen molar-refractivity contribution in [1.29, 1.82) is 0 Å². The molecule has 122 valence electrons. The molecule has 0 atom stereocenters. The molecule has 0 bridgehead atoms. The van der Waals surface area contributed by atoms with E-state index in [-0.39, 0.29) is 11.1 Å². The Morgan fingerprint density at radius 2 is 1.20 bits per heavy atom. The Morgan fingerprint density at radius 3 is 1.60 bits per heavy atom. The van der Waals surface area contributed by atoms with E-state index in [0.717, 1.165) is 0 Å². The van der Waals surface area contributed by atoms with Crippen molar-refractivity contribution >= 4 is 0 Å². The molecule has 1 aliphatic rings. The molecular formula is C17H10F2N6. The standard InChI is InChI=1S/C17H10F2N6/c18-17(19)13-5-9(15-7-20-24-22-15)1-3-11(13)12-4-2-10(6-14(12)17)16-8-21-25-23-16/h1-8H,(H,20,22,24)(H,21,23,25). The van der Waals surface area contributed by atoms with E-state index in [2.05, 4.69) is 30.8 Å². The number of H-pyrrole nitrogens is 2. The minimum atomic E-state index is -3.09. The fourth-order valence-electron chi connectivity index (χ4n) is 3.22. The van der Waals surface area contributed by atoms with Crippen molar-refractivity contribution in [1.82, 2.24) is 30.8 Å². The summed E-state index contributed by atoms with van der Waals surface area (Å²) in [6.07, 6.45) is 3.01. The highest BCUT2D eigenvalue weighted by Crippen LogP contribution is 2.52. The second-order valence-electron chi connectivity index (χ2n) is 5.81. The maximum absolute atomic E-state index is 15.1. The average molecular weight is 336 g/mol. The fraction of sp³-hybridized carbons (Fsp3) is 0.0588. The molecule has 4 aromatic rings. The Bertz CT molecular complexity index is 985. The first-order valence-electron chi connectivity index (χ1n) is 7.54. The molecule has 2 aromatic carbocycles. The first-order valence-corrected chi connectivity index (χ1v) is 7.54. The van der Waals surface area contributed by atoms with Gasteiger partial charge < -0.3 is 0 Å². The Morgan fingerprint density at radius 1 is 0.720 bits per heavy atom. The number of alkyl halides is 2. The number of halogens is 2. The second-order valence-corrected chi connectivity index (χ2v) is 5.81. The lowest BCUT2D eigenvalue weighted by Crippen LogP contribution is -2.11. The summed E-state index contributed by atoms with van der Waals surface area (Å²) in [6.45, 7) is 0. The van der Waals surface area contributed by atoms with Gasteiger partial charge in [-0.15, -0.1) is 0 Å². The van der Waals surface area contributed by atoms with Crippen LogP contribution in [0.4, 0.5) is 8.78 Å². The van der Waals surface area contributed by atoms with Crippen molar-refractivity contribution in [2.45, 2.75) is 5.92 Å². The number of nitrogens with zero attached hydrogens (tertiary/aromatic N) is 4. The number of nitrogens with one attached hydrogen (secondary N) is 2. The number of aromatic nitrogens is 6. The number of hydrogen-bond donors (Lipinski definition) is 2. The number of aromatic amines is 2. The van der Waals surface area contributed by atoms with Crippen LogP contribution in [0.3, 0.4) is 0 Å². The summed E-state index contributed by atoms with van der Waals surface area (Å²) in [6, 6.07) is 9.90. The van der Waals surface area contributed by atoms with Crippen LogP contribution in [0.1, 0.15) is 11.1 Å². The second kappa shape index (κ2) is 4.79. The van der Waals surface area contributed by atoms with E-state index in [1.165, 1.54) is 24.5 Å². The highest BCUT2D eigenvalue weighted by Gasteiger charge is 2.44. The zero-order chi connectivity index (χ0) is 17.0. The molecule has 0 saturated heterocycles. The van der Waals surface area contributed by atoms with Crippen LogP contribution >= 0.6 is 0 Å². The van der Waals surface area contributed by atoms with E-state index >= 15 is 8.78 Å². The topological polar surface area (TPSA) is 83.1 Å². The summed E-state index contributed by atoms with van der Waals surface area (Å²) in [5.41, 5.74) is 3.24. The van der Waals surface area contributed by atoms with Crippen molar-refractivity contribution in [3.63, 3.8) is 0 Å². The minimum Gasteiger partial charge on any atom is -0.197 e. The van der Waals surface area contributed by atoms with Crippen molar-refractivity contribution in [2.75, 3.05) is 0 Å². The summed E-state index contributed by atoms with van der Waals surface area (Å²) in [5.74, 6) is -3.09. The summed E-state index contributed by atoms with van der Waals surface area (Å²) in [5, 5.41) is 20.4.